The van der Waals surface area contributed by atoms with Gasteiger partial charge in [0.1, 0.15) is 0 Å². The molecule has 3 rings (SSSR count). The zero-order valence-electron chi connectivity index (χ0n) is 11.4. The molecular weight excluding hydrogens is 248 g/mol. The van der Waals surface area contributed by atoms with Crippen molar-refractivity contribution in [3.8, 4) is 0 Å². The number of hydrogen-bond donors (Lipinski definition) is 1. The highest BCUT2D eigenvalue weighted by molar-refractivity contribution is 5.79. The number of rotatable bonds is 4. The number of benzene rings is 1. The van der Waals surface area contributed by atoms with E-state index < -0.39 is 0 Å². The van der Waals surface area contributed by atoms with Crippen LogP contribution in [0.5, 0.6) is 0 Å². The second-order valence-electron chi connectivity index (χ2n) is 4.80. The SMILES string of the molecule is Cc1ccc2cc(CNCc3cccnn3)ccc2n1. The average Bonchev–Trinajstić information content (AvgIpc) is 2.48. The van der Waals surface area contributed by atoms with Gasteiger partial charge in [-0.25, -0.2) is 0 Å². The van der Waals surface area contributed by atoms with Crippen molar-refractivity contribution in [2.45, 2.75) is 20.0 Å². The molecule has 0 fully saturated rings. The maximum absolute atomic E-state index is 4.51. The quantitative estimate of drug-likeness (QED) is 0.787. The maximum Gasteiger partial charge on any atom is 0.0769 e. The number of hydrogen-bond acceptors (Lipinski definition) is 4. The molecule has 0 spiro atoms. The molecule has 0 amide bonds. The minimum Gasteiger partial charge on any atom is -0.307 e. The lowest BCUT2D eigenvalue weighted by Crippen LogP contribution is -2.13. The van der Waals surface area contributed by atoms with E-state index >= 15 is 0 Å². The van der Waals surface area contributed by atoms with Crippen molar-refractivity contribution in [1.82, 2.24) is 20.5 Å². The van der Waals surface area contributed by atoms with E-state index in [1.807, 2.05) is 25.1 Å². The fraction of sp³-hybridized carbons (Fsp3) is 0.188. The number of fused-ring (bicyclic) bond motifs is 1. The van der Waals surface area contributed by atoms with Gasteiger partial charge in [0, 0.05) is 30.4 Å². The van der Waals surface area contributed by atoms with E-state index in [1.54, 1.807) is 6.20 Å². The van der Waals surface area contributed by atoms with E-state index in [-0.39, 0.29) is 0 Å². The van der Waals surface area contributed by atoms with Crippen molar-refractivity contribution in [2.24, 2.45) is 0 Å². The van der Waals surface area contributed by atoms with Crippen LogP contribution in [0.3, 0.4) is 0 Å². The van der Waals surface area contributed by atoms with Gasteiger partial charge in [-0.2, -0.15) is 10.2 Å². The summed E-state index contributed by atoms with van der Waals surface area (Å²) in [5, 5.41) is 12.5. The summed E-state index contributed by atoms with van der Waals surface area (Å²) in [4.78, 5) is 4.51. The van der Waals surface area contributed by atoms with E-state index in [1.165, 1.54) is 10.9 Å². The third-order valence-corrected chi connectivity index (χ3v) is 3.16. The molecule has 0 aliphatic rings. The number of nitrogens with zero attached hydrogens (tertiary/aromatic N) is 3. The third-order valence-electron chi connectivity index (χ3n) is 3.16. The topological polar surface area (TPSA) is 50.7 Å². The standard InChI is InChI=1S/C16H16N4/c1-12-4-6-14-9-13(5-7-16(14)19-12)10-17-11-15-3-2-8-18-20-15/h2-9,17H,10-11H2,1H3. The molecule has 3 aromatic rings. The molecule has 0 bridgehead atoms. The Bertz CT molecular complexity index is 710. The fourth-order valence-corrected chi connectivity index (χ4v) is 2.15. The molecule has 1 aromatic carbocycles. The van der Waals surface area contributed by atoms with E-state index in [4.69, 9.17) is 0 Å². The van der Waals surface area contributed by atoms with Gasteiger partial charge in [-0.15, -0.1) is 0 Å². The van der Waals surface area contributed by atoms with Crippen LogP contribution < -0.4 is 5.32 Å². The number of pyridine rings is 1. The van der Waals surface area contributed by atoms with Gasteiger partial charge in [0.15, 0.2) is 0 Å². The van der Waals surface area contributed by atoms with Crippen LogP contribution in [0.25, 0.3) is 10.9 Å². The molecule has 0 saturated heterocycles. The molecule has 0 aliphatic carbocycles. The summed E-state index contributed by atoms with van der Waals surface area (Å²) in [6.07, 6.45) is 1.68. The van der Waals surface area contributed by atoms with Gasteiger partial charge < -0.3 is 5.32 Å². The Morgan fingerprint density at radius 2 is 2.00 bits per heavy atom. The summed E-state index contributed by atoms with van der Waals surface area (Å²) in [7, 11) is 0. The zero-order valence-corrected chi connectivity index (χ0v) is 11.4. The molecule has 20 heavy (non-hydrogen) atoms. The molecule has 4 nitrogen and oxygen atoms in total. The lowest BCUT2D eigenvalue weighted by Gasteiger charge is -2.06. The number of aromatic nitrogens is 3. The Morgan fingerprint density at radius 3 is 2.85 bits per heavy atom. The highest BCUT2D eigenvalue weighted by Gasteiger charge is 1.99. The Kier molecular flexibility index (Phi) is 3.65. The predicted octanol–water partition coefficient (Wildman–Crippen LogP) is 2.62. The van der Waals surface area contributed by atoms with Gasteiger partial charge in [0.05, 0.1) is 11.2 Å². The van der Waals surface area contributed by atoms with Crippen LogP contribution in [-0.4, -0.2) is 15.2 Å². The molecule has 0 radical (unpaired) electrons. The van der Waals surface area contributed by atoms with Gasteiger partial charge in [-0.3, -0.25) is 4.98 Å². The average molecular weight is 264 g/mol. The summed E-state index contributed by atoms with van der Waals surface area (Å²) in [5.41, 5.74) is 4.28. The van der Waals surface area contributed by atoms with Crippen molar-refractivity contribution < 1.29 is 0 Å². The van der Waals surface area contributed by atoms with Crippen LogP contribution in [-0.2, 0) is 13.1 Å². The first-order chi connectivity index (χ1) is 9.81. The van der Waals surface area contributed by atoms with Crippen LogP contribution in [0, 0.1) is 6.92 Å². The Balaban J connectivity index is 1.67. The molecule has 0 atom stereocenters. The second kappa shape index (κ2) is 5.75. The van der Waals surface area contributed by atoms with Gasteiger partial charge in [0.25, 0.3) is 0 Å². The zero-order chi connectivity index (χ0) is 13.8. The van der Waals surface area contributed by atoms with Gasteiger partial charge in [-0.05, 0) is 42.8 Å². The third kappa shape index (κ3) is 2.97. The molecule has 1 N–H and O–H groups in total. The van der Waals surface area contributed by atoms with Gasteiger partial charge in [-0.1, -0.05) is 12.1 Å². The maximum atomic E-state index is 4.51. The first kappa shape index (κ1) is 12.7. The highest BCUT2D eigenvalue weighted by Crippen LogP contribution is 2.14. The van der Waals surface area contributed by atoms with E-state index in [0.29, 0.717) is 0 Å². The Morgan fingerprint density at radius 1 is 1.05 bits per heavy atom. The van der Waals surface area contributed by atoms with Crippen LogP contribution in [0.2, 0.25) is 0 Å². The normalized spacial score (nSPS) is 10.8. The summed E-state index contributed by atoms with van der Waals surface area (Å²) in [6.45, 7) is 3.54. The smallest absolute Gasteiger partial charge is 0.0769 e. The second-order valence-corrected chi connectivity index (χ2v) is 4.80. The van der Waals surface area contributed by atoms with Crippen molar-refractivity contribution in [3.63, 3.8) is 0 Å². The molecular formula is C16H16N4. The van der Waals surface area contributed by atoms with E-state index in [2.05, 4.69) is 44.8 Å². The molecule has 4 heteroatoms. The predicted molar refractivity (Wildman–Crippen MR) is 79.1 cm³/mol. The molecule has 2 heterocycles. The summed E-state index contributed by atoms with van der Waals surface area (Å²) >= 11 is 0. The van der Waals surface area contributed by atoms with Crippen molar-refractivity contribution in [1.29, 1.82) is 0 Å². The minimum atomic E-state index is 0.720. The molecule has 0 unspecified atom stereocenters. The van der Waals surface area contributed by atoms with E-state index in [9.17, 15) is 0 Å². The lowest BCUT2D eigenvalue weighted by molar-refractivity contribution is 0.670. The van der Waals surface area contributed by atoms with Gasteiger partial charge in [0.2, 0.25) is 0 Å². The van der Waals surface area contributed by atoms with Crippen LogP contribution >= 0.6 is 0 Å². The van der Waals surface area contributed by atoms with Crippen LogP contribution in [0.4, 0.5) is 0 Å². The van der Waals surface area contributed by atoms with Crippen molar-refractivity contribution in [3.05, 3.63) is 65.6 Å². The van der Waals surface area contributed by atoms with Gasteiger partial charge >= 0.3 is 0 Å². The number of aryl methyl sites for hydroxylation is 1. The summed E-state index contributed by atoms with van der Waals surface area (Å²) in [5.74, 6) is 0. The Hall–Kier alpha value is -2.33. The number of nitrogens with one attached hydrogen (secondary N) is 1. The Labute approximate surface area is 117 Å². The molecule has 100 valence electrons. The fourth-order valence-electron chi connectivity index (χ4n) is 2.15. The first-order valence-corrected chi connectivity index (χ1v) is 6.65. The largest absolute Gasteiger partial charge is 0.307 e. The highest BCUT2D eigenvalue weighted by atomic mass is 15.1. The summed E-state index contributed by atoms with van der Waals surface area (Å²) in [6, 6.07) is 14.4. The van der Waals surface area contributed by atoms with Crippen molar-refractivity contribution >= 4 is 10.9 Å². The molecule has 2 aromatic heterocycles. The summed E-state index contributed by atoms with van der Waals surface area (Å²) < 4.78 is 0. The first-order valence-electron chi connectivity index (χ1n) is 6.65. The van der Waals surface area contributed by atoms with Crippen LogP contribution in [0.15, 0.2) is 48.7 Å². The molecule has 0 saturated carbocycles. The minimum absolute atomic E-state index is 0.720. The van der Waals surface area contributed by atoms with Crippen molar-refractivity contribution in [2.75, 3.05) is 0 Å². The lowest BCUT2D eigenvalue weighted by atomic mass is 10.1. The monoisotopic (exact) mass is 264 g/mol. The van der Waals surface area contributed by atoms with E-state index in [0.717, 1.165) is 30.0 Å². The molecule has 0 aliphatic heterocycles. The van der Waals surface area contributed by atoms with Crippen LogP contribution in [0.1, 0.15) is 17.0 Å².